The van der Waals surface area contributed by atoms with Crippen molar-refractivity contribution in [2.24, 2.45) is 0 Å². The average molecular weight is 323 g/mol. The Hall–Kier alpha value is -1.00. The van der Waals surface area contributed by atoms with Crippen molar-refractivity contribution in [3.63, 3.8) is 0 Å². The van der Waals surface area contributed by atoms with Gasteiger partial charge in [-0.15, -0.1) is 0 Å². The Bertz CT molecular complexity index is 327. The number of ether oxygens (including phenoxy) is 2. The first kappa shape index (κ1) is 20.0. The van der Waals surface area contributed by atoms with E-state index in [2.05, 4.69) is 4.74 Å². The Morgan fingerprint density at radius 2 is 1.52 bits per heavy atom. The van der Waals surface area contributed by atoms with Crippen molar-refractivity contribution in [1.82, 2.24) is 4.57 Å². The highest BCUT2D eigenvalue weighted by atomic mass is 28.4. The highest BCUT2D eigenvalue weighted by Crippen LogP contribution is 2.20. The van der Waals surface area contributed by atoms with Crippen LogP contribution < -0.4 is 0 Å². The summed E-state index contributed by atoms with van der Waals surface area (Å²) in [6.45, 7) is 2.37. The van der Waals surface area contributed by atoms with Crippen LogP contribution in [0.4, 0.5) is 0 Å². The minimum absolute atomic E-state index is 0.173. The van der Waals surface area contributed by atoms with Crippen LogP contribution in [-0.4, -0.2) is 73.6 Å². The van der Waals surface area contributed by atoms with E-state index in [1.54, 1.807) is 4.57 Å². The minimum Gasteiger partial charge on any atom is -0.469 e. The van der Waals surface area contributed by atoms with E-state index in [1.807, 2.05) is 6.92 Å². The molecule has 124 valence electrons. The number of esters is 2. The fraction of sp³-hybridized carbons (Fsp3) is 0.833. The molecule has 0 radical (unpaired) electrons. The molecule has 0 fully saturated rings. The number of nitrogens with zero attached hydrogens (tertiary/aromatic N) is 1. The van der Waals surface area contributed by atoms with Gasteiger partial charge in [0, 0.05) is 21.3 Å². The smallest absolute Gasteiger partial charge is 0.469 e. The molecular weight excluding hydrogens is 298 g/mol. The first-order valence-corrected chi connectivity index (χ1v) is 8.20. The van der Waals surface area contributed by atoms with Crippen LogP contribution >= 0.6 is 0 Å². The summed E-state index contributed by atoms with van der Waals surface area (Å²) in [6.07, 6.45) is 0.535. The number of methoxy groups -OCH3 is 2. The van der Waals surface area contributed by atoms with Crippen LogP contribution in [0.1, 0.15) is 19.8 Å². The lowest BCUT2D eigenvalue weighted by Crippen LogP contribution is -2.65. The first-order chi connectivity index (χ1) is 9.95. The zero-order chi connectivity index (χ0) is 16.5. The largest absolute Gasteiger partial charge is 0.599 e. The van der Waals surface area contributed by atoms with Crippen LogP contribution in [0.15, 0.2) is 0 Å². The van der Waals surface area contributed by atoms with Gasteiger partial charge in [0.15, 0.2) is 0 Å². The Morgan fingerprint density at radius 3 is 1.86 bits per heavy atom. The van der Waals surface area contributed by atoms with Crippen molar-refractivity contribution in [3.8, 4) is 0 Å². The van der Waals surface area contributed by atoms with Crippen LogP contribution in [0.2, 0.25) is 0 Å². The van der Waals surface area contributed by atoms with Gasteiger partial charge < -0.3 is 22.8 Å². The van der Waals surface area contributed by atoms with Crippen LogP contribution in [0.25, 0.3) is 0 Å². The Morgan fingerprint density at radius 1 is 1.00 bits per heavy atom. The standard InChI is InChI=1S/C12H25NO7Si/c1-7-8-13(21(18-4,19-5)20-6)10(12(15)17-3)9-11(14)16-2/h10H,7-9H2,1-6H3. The molecule has 0 aromatic carbocycles. The molecule has 0 aromatic heterocycles. The fourth-order valence-electron chi connectivity index (χ4n) is 2.02. The molecule has 0 N–H and O–H groups in total. The highest BCUT2D eigenvalue weighted by Gasteiger charge is 2.52. The van der Waals surface area contributed by atoms with Gasteiger partial charge in [0.05, 0.1) is 20.6 Å². The molecule has 0 heterocycles. The van der Waals surface area contributed by atoms with Gasteiger partial charge in [-0.25, -0.2) is 4.57 Å². The van der Waals surface area contributed by atoms with Gasteiger partial charge in [0.1, 0.15) is 6.04 Å². The SMILES string of the molecule is CCCN(C(CC(=O)OC)C(=O)OC)[Si](OC)(OC)OC. The Labute approximate surface area is 126 Å². The van der Waals surface area contributed by atoms with Gasteiger partial charge >= 0.3 is 20.9 Å². The van der Waals surface area contributed by atoms with E-state index in [4.69, 9.17) is 18.0 Å². The molecule has 1 unspecified atom stereocenters. The van der Waals surface area contributed by atoms with Crippen LogP contribution in [0.3, 0.4) is 0 Å². The number of hydrogen-bond acceptors (Lipinski definition) is 8. The molecule has 0 saturated carbocycles. The van der Waals surface area contributed by atoms with Gasteiger partial charge in [0.25, 0.3) is 0 Å². The highest BCUT2D eigenvalue weighted by molar-refractivity contribution is 6.57. The van der Waals surface area contributed by atoms with E-state index < -0.39 is 26.9 Å². The van der Waals surface area contributed by atoms with Crippen molar-refractivity contribution in [2.45, 2.75) is 25.8 Å². The fourth-order valence-corrected chi connectivity index (χ4v) is 4.30. The van der Waals surface area contributed by atoms with Gasteiger partial charge in [-0.2, -0.15) is 0 Å². The van der Waals surface area contributed by atoms with Crippen molar-refractivity contribution in [1.29, 1.82) is 0 Å². The molecule has 0 amide bonds. The lowest BCUT2D eigenvalue weighted by molar-refractivity contribution is -0.153. The Kier molecular flexibility index (Phi) is 9.38. The van der Waals surface area contributed by atoms with Crippen molar-refractivity contribution in [3.05, 3.63) is 0 Å². The van der Waals surface area contributed by atoms with Crippen LogP contribution in [0.5, 0.6) is 0 Å². The second-order valence-corrected chi connectivity index (χ2v) is 7.00. The molecule has 0 bridgehead atoms. The molecule has 0 aromatic rings. The van der Waals surface area contributed by atoms with E-state index in [0.717, 1.165) is 0 Å². The molecule has 0 rings (SSSR count). The summed E-state index contributed by atoms with van der Waals surface area (Å²) >= 11 is 0. The zero-order valence-electron chi connectivity index (χ0n) is 13.5. The third kappa shape index (κ3) is 5.04. The zero-order valence-corrected chi connectivity index (χ0v) is 14.5. The first-order valence-electron chi connectivity index (χ1n) is 6.53. The summed E-state index contributed by atoms with van der Waals surface area (Å²) in [5.41, 5.74) is 0. The predicted molar refractivity (Wildman–Crippen MR) is 76.2 cm³/mol. The van der Waals surface area contributed by atoms with E-state index in [1.165, 1.54) is 35.5 Å². The molecule has 1 atom stereocenters. The Balaban J connectivity index is 5.58. The third-order valence-corrected chi connectivity index (χ3v) is 5.81. The minimum atomic E-state index is -3.26. The topological polar surface area (TPSA) is 83.5 Å². The van der Waals surface area contributed by atoms with Gasteiger partial charge in [-0.1, -0.05) is 6.92 Å². The maximum Gasteiger partial charge on any atom is 0.599 e. The predicted octanol–water partition coefficient (Wildman–Crippen LogP) is 0.178. The summed E-state index contributed by atoms with van der Waals surface area (Å²) in [7, 11) is 3.57. The maximum atomic E-state index is 12.1. The molecule has 0 saturated heterocycles. The maximum absolute atomic E-state index is 12.1. The summed E-state index contributed by atoms with van der Waals surface area (Å²) in [6, 6.07) is -0.895. The second kappa shape index (κ2) is 9.85. The van der Waals surface area contributed by atoms with E-state index in [0.29, 0.717) is 13.0 Å². The summed E-state index contributed by atoms with van der Waals surface area (Å²) in [5.74, 6) is -1.10. The molecule has 0 aliphatic rings. The van der Waals surface area contributed by atoms with E-state index in [9.17, 15) is 9.59 Å². The van der Waals surface area contributed by atoms with Crippen molar-refractivity contribution >= 4 is 20.9 Å². The lowest BCUT2D eigenvalue weighted by atomic mass is 10.2. The second-order valence-electron chi connectivity index (χ2n) is 4.15. The normalized spacial score (nSPS) is 13.1. The van der Waals surface area contributed by atoms with E-state index in [-0.39, 0.29) is 6.42 Å². The van der Waals surface area contributed by atoms with Gasteiger partial charge in [-0.05, 0) is 13.0 Å². The molecular formula is C12H25NO7Si. The molecule has 9 heteroatoms. The third-order valence-electron chi connectivity index (χ3n) is 3.03. The summed E-state index contributed by atoms with van der Waals surface area (Å²) < 4.78 is 27.2. The molecule has 0 aliphatic carbocycles. The molecule has 0 aliphatic heterocycles. The number of hydrogen-bond donors (Lipinski definition) is 0. The molecule has 0 spiro atoms. The van der Waals surface area contributed by atoms with Crippen molar-refractivity contribution in [2.75, 3.05) is 42.1 Å². The van der Waals surface area contributed by atoms with Gasteiger partial charge in [0.2, 0.25) is 0 Å². The van der Waals surface area contributed by atoms with E-state index >= 15 is 0 Å². The van der Waals surface area contributed by atoms with Gasteiger partial charge in [-0.3, -0.25) is 9.59 Å². The number of carbonyl (C=O) groups is 2. The van der Waals surface area contributed by atoms with Crippen LogP contribution in [0, 0.1) is 0 Å². The van der Waals surface area contributed by atoms with Crippen LogP contribution in [-0.2, 0) is 32.3 Å². The monoisotopic (exact) mass is 323 g/mol. The quantitative estimate of drug-likeness (QED) is 0.416. The number of rotatable bonds is 10. The summed E-state index contributed by atoms with van der Waals surface area (Å²) in [4.78, 5) is 23.6. The van der Waals surface area contributed by atoms with Crippen molar-refractivity contribution < 1.29 is 32.3 Å². The average Bonchev–Trinajstić information content (AvgIpc) is 2.52. The molecule has 8 nitrogen and oxygen atoms in total. The number of carbonyl (C=O) groups excluding carboxylic acids is 2. The molecule has 21 heavy (non-hydrogen) atoms. The lowest BCUT2D eigenvalue weighted by Gasteiger charge is -2.38. The summed E-state index contributed by atoms with van der Waals surface area (Å²) in [5, 5.41) is 0.